The van der Waals surface area contributed by atoms with Gasteiger partial charge in [-0.2, -0.15) is 10.2 Å². The van der Waals surface area contributed by atoms with E-state index in [4.69, 9.17) is 4.84 Å². The number of rotatable bonds is 9. The minimum absolute atomic E-state index is 0.279. The van der Waals surface area contributed by atoms with Crippen molar-refractivity contribution in [3.05, 3.63) is 143 Å². The molecule has 56 heavy (non-hydrogen) atoms. The van der Waals surface area contributed by atoms with Gasteiger partial charge >= 0.3 is 0 Å². The van der Waals surface area contributed by atoms with E-state index in [2.05, 4.69) is 88.8 Å². The fourth-order valence-electron chi connectivity index (χ4n) is 7.87. The summed E-state index contributed by atoms with van der Waals surface area (Å²) in [5.74, 6) is 0.706. The van der Waals surface area contributed by atoms with Gasteiger partial charge in [-0.25, -0.2) is 39.9 Å². The van der Waals surface area contributed by atoms with Crippen LogP contribution in [-0.2, 0) is 28.5 Å². The van der Waals surface area contributed by atoms with Crippen LogP contribution in [-0.4, -0.2) is 84.0 Å². The summed E-state index contributed by atoms with van der Waals surface area (Å²) in [6, 6.07) is 7.67. The number of allylic oxidation sites excluding steroid dienone is 2. The number of oxime groups is 2. The molecule has 6 aromatic heterocycles. The molecule has 4 aliphatic carbocycles. The number of fused-ring (bicyclic) bond motifs is 2. The first-order valence-corrected chi connectivity index (χ1v) is 18.6. The molecule has 0 radical (unpaired) electrons. The standard InChI is InChI=1S/2C20H19N7O/c1-28-27-18(13-2-3-13)19-14-4-7-20(10-15(14)25-26-19,16-5-8-21-11-23-16)17-6-9-22-12-24-17;28-27-18(13-2-1-3-13)19-14-4-7-20(10-15(14)25-26-19,16-5-8-21-11-23-16)17-6-9-22-12-24-17/h4-9,11-13H,2-3,10H2,1H3,(H,25,26);4-9,11-13,28H,1-3,10H2,(H,25,26). The Hall–Kier alpha value is -6.84. The normalized spacial score (nSPS) is 18.2. The van der Waals surface area contributed by atoms with Crippen LogP contribution >= 0.6 is 0 Å². The molecule has 0 aliphatic heterocycles. The molecular formula is C40H38N14O2. The first-order chi connectivity index (χ1) is 27.6. The Morgan fingerprint density at radius 3 is 1.41 bits per heavy atom. The lowest BCUT2D eigenvalue weighted by atomic mass is 9.72. The van der Waals surface area contributed by atoms with Crippen LogP contribution in [0.25, 0.3) is 12.2 Å². The number of nitrogens with zero attached hydrogens (tertiary/aromatic N) is 12. The zero-order valence-corrected chi connectivity index (χ0v) is 30.6. The van der Waals surface area contributed by atoms with Crippen LogP contribution in [0.4, 0.5) is 0 Å². The Morgan fingerprint density at radius 1 is 0.643 bits per heavy atom. The molecule has 6 heterocycles. The molecule has 0 spiro atoms. The van der Waals surface area contributed by atoms with Gasteiger partial charge in [-0.05, 0) is 49.9 Å². The third-order valence-corrected chi connectivity index (χ3v) is 11.1. The van der Waals surface area contributed by atoms with Crippen molar-refractivity contribution in [3.63, 3.8) is 0 Å². The zero-order chi connectivity index (χ0) is 38.0. The SMILES string of the molecule is CON=C(c1n[nH]c2c1C=CC(c1ccncn1)(c1ccncn1)C2)C1CC1.ON=C(c1n[nH]c2c1C=CC(c1ccncn1)(c1ccncn1)C2)C1CCC1. The average molecular weight is 747 g/mol. The second kappa shape index (κ2) is 14.8. The number of aromatic nitrogens is 12. The third-order valence-electron chi connectivity index (χ3n) is 11.1. The summed E-state index contributed by atoms with van der Waals surface area (Å²) in [5.41, 5.74) is 9.63. The Balaban J connectivity index is 0.000000146. The minimum atomic E-state index is -0.546. The smallest absolute Gasteiger partial charge is 0.117 e. The van der Waals surface area contributed by atoms with E-state index in [1.165, 1.54) is 0 Å². The van der Waals surface area contributed by atoms with E-state index < -0.39 is 10.8 Å². The highest BCUT2D eigenvalue weighted by molar-refractivity contribution is 6.05. The van der Waals surface area contributed by atoms with E-state index in [0.717, 1.165) is 94.5 Å². The summed E-state index contributed by atoms with van der Waals surface area (Å²) in [6.07, 6.45) is 28.4. The highest BCUT2D eigenvalue weighted by atomic mass is 16.6. The van der Waals surface area contributed by atoms with Crippen molar-refractivity contribution in [1.29, 1.82) is 0 Å². The predicted octanol–water partition coefficient (Wildman–Crippen LogP) is 4.83. The van der Waals surface area contributed by atoms with Gasteiger partial charge in [0, 0.05) is 72.0 Å². The third kappa shape index (κ3) is 6.21. The fraction of sp³-hybridized carbons (Fsp3) is 0.300. The molecule has 0 unspecified atom stereocenters. The first kappa shape index (κ1) is 34.9. The molecule has 0 saturated heterocycles. The van der Waals surface area contributed by atoms with Crippen LogP contribution in [0.5, 0.6) is 0 Å². The predicted molar refractivity (Wildman–Crippen MR) is 204 cm³/mol. The number of aromatic amines is 2. The van der Waals surface area contributed by atoms with Gasteiger partial charge in [0.1, 0.15) is 55.2 Å². The second-order valence-corrected chi connectivity index (χ2v) is 14.3. The van der Waals surface area contributed by atoms with Crippen molar-refractivity contribution < 1.29 is 10.0 Å². The lowest BCUT2D eigenvalue weighted by Gasteiger charge is -2.32. The van der Waals surface area contributed by atoms with E-state index in [-0.39, 0.29) is 5.92 Å². The van der Waals surface area contributed by atoms with Gasteiger partial charge in [0.2, 0.25) is 0 Å². The molecule has 280 valence electrons. The molecule has 10 rings (SSSR count). The van der Waals surface area contributed by atoms with Gasteiger partial charge in [0.05, 0.1) is 33.6 Å². The topological polar surface area (TPSA) is 215 Å². The van der Waals surface area contributed by atoms with Crippen molar-refractivity contribution in [1.82, 2.24) is 60.3 Å². The average Bonchev–Trinajstić information content (AvgIpc) is 3.89. The van der Waals surface area contributed by atoms with Gasteiger partial charge in [-0.3, -0.25) is 10.2 Å². The van der Waals surface area contributed by atoms with Gasteiger partial charge in [-0.1, -0.05) is 41.0 Å². The number of hydrogen-bond acceptors (Lipinski definition) is 14. The Kier molecular flexibility index (Phi) is 9.20. The molecule has 0 atom stereocenters. The lowest BCUT2D eigenvalue weighted by Crippen LogP contribution is -2.33. The molecule has 6 aromatic rings. The highest BCUT2D eigenvalue weighted by Crippen LogP contribution is 2.43. The summed E-state index contributed by atoms with van der Waals surface area (Å²) in [7, 11) is 1.58. The van der Waals surface area contributed by atoms with Crippen LogP contribution in [0, 0.1) is 11.8 Å². The Morgan fingerprint density at radius 2 is 1.07 bits per heavy atom. The van der Waals surface area contributed by atoms with Gasteiger partial charge < -0.3 is 10.0 Å². The minimum Gasteiger partial charge on any atom is -0.411 e. The monoisotopic (exact) mass is 746 g/mol. The van der Waals surface area contributed by atoms with Crippen LogP contribution in [0.3, 0.4) is 0 Å². The maximum Gasteiger partial charge on any atom is 0.117 e. The largest absolute Gasteiger partial charge is 0.411 e. The quantitative estimate of drug-likeness (QED) is 0.103. The van der Waals surface area contributed by atoms with Gasteiger partial charge in [0.15, 0.2) is 0 Å². The molecule has 2 saturated carbocycles. The molecule has 4 aliphatic rings. The van der Waals surface area contributed by atoms with Crippen LogP contribution < -0.4 is 0 Å². The highest BCUT2D eigenvalue weighted by Gasteiger charge is 2.42. The van der Waals surface area contributed by atoms with Gasteiger partial charge in [0.25, 0.3) is 0 Å². The van der Waals surface area contributed by atoms with Crippen LogP contribution in [0.2, 0.25) is 0 Å². The summed E-state index contributed by atoms with van der Waals surface area (Å²) < 4.78 is 0. The van der Waals surface area contributed by atoms with Crippen molar-refractivity contribution in [2.24, 2.45) is 22.1 Å². The maximum absolute atomic E-state index is 9.57. The summed E-state index contributed by atoms with van der Waals surface area (Å²) in [6.45, 7) is 0. The molecular weight excluding hydrogens is 709 g/mol. The molecule has 3 N–H and O–H groups in total. The molecule has 16 heteroatoms. The maximum atomic E-state index is 9.57. The van der Waals surface area contributed by atoms with E-state index in [1.54, 1.807) is 57.2 Å². The fourth-order valence-corrected chi connectivity index (χ4v) is 7.87. The zero-order valence-electron chi connectivity index (χ0n) is 30.6. The van der Waals surface area contributed by atoms with E-state index in [1.807, 2.05) is 30.3 Å². The summed E-state index contributed by atoms with van der Waals surface area (Å²) in [4.78, 5) is 39.4. The molecule has 0 bridgehead atoms. The second-order valence-electron chi connectivity index (χ2n) is 14.3. The van der Waals surface area contributed by atoms with Crippen molar-refractivity contribution >= 4 is 23.6 Å². The molecule has 0 aromatic carbocycles. The molecule has 2 fully saturated rings. The lowest BCUT2D eigenvalue weighted by molar-refractivity contribution is 0.212. The van der Waals surface area contributed by atoms with Crippen LogP contribution in [0.15, 0.2) is 96.8 Å². The van der Waals surface area contributed by atoms with E-state index in [9.17, 15) is 5.21 Å². The van der Waals surface area contributed by atoms with Crippen molar-refractivity contribution in [3.8, 4) is 0 Å². The Bertz CT molecular complexity index is 2340. The number of H-pyrrole nitrogens is 2. The number of nitrogens with one attached hydrogen (secondary N) is 2. The molecule has 0 amide bonds. The van der Waals surface area contributed by atoms with E-state index in [0.29, 0.717) is 24.5 Å². The summed E-state index contributed by atoms with van der Waals surface area (Å²) >= 11 is 0. The molecule has 16 nitrogen and oxygen atoms in total. The number of hydrogen-bond donors (Lipinski definition) is 3. The first-order valence-electron chi connectivity index (χ1n) is 18.6. The van der Waals surface area contributed by atoms with Crippen LogP contribution in [0.1, 0.15) is 88.8 Å². The van der Waals surface area contributed by atoms with Gasteiger partial charge in [-0.15, -0.1) is 0 Å². The Labute approximate surface area is 321 Å². The van der Waals surface area contributed by atoms with E-state index >= 15 is 0 Å². The van der Waals surface area contributed by atoms with Crippen molar-refractivity contribution in [2.45, 2.75) is 55.8 Å². The van der Waals surface area contributed by atoms with Crippen molar-refractivity contribution in [2.75, 3.05) is 7.11 Å². The summed E-state index contributed by atoms with van der Waals surface area (Å²) in [5, 5.41) is 32.8.